The monoisotopic (exact) mass is 516 g/mol. The molecule has 1 unspecified atom stereocenters. The molecule has 0 saturated carbocycles. The van der Waals surface area contributed by atoms with Gasteiger partial charge in [-0.05, 0) is 6.42 Å². The Balaban J connectivity index is 3.38. The molecule has 0 rings (SSSR count). The molecule has 0 saturated heterocycles. The lowest BCUT2D eigenvalue weighted by Gasteiger charge is -2.12. The Morgan fingerprint density at radius 3 is 1.33 bits per heavy atom. The fraction of sp³-hybridized carbons (Fsp3) is 0.893. The Hall–Kier alpha value is -1.67. The van der Waals surface area contributed by atoms with E-state index in [0.29, 0.717) is 0 Å². The van der Waals surface area contributed by atoms with Crippen molar-refractivity contribution in [2.24, 2.45) is 0 Å². The molecule has 212 valence electrons. The molecule has 36 heavy (non-hydrogen) atoms. The molecule has 0 aromatic heterocycles. The lowest BCUT2D eigenvalue weighted by Crippen LogP contribution is -2.28. The highest BCUT2D eigenvalue weighted by atomic mass is 16.6. The highest BCUT2D eigenvalue weighted by Gasteiger charge is 2.20. The van der Waals surface area contributed by atoms with E-state index in [2.05, 4.69) is 11.7 Å². The number of hydrogen-bond acceptors (Lipinski definition) is 7. The van der Waals surface area contributed by atoms with Crippen LogP contribution in [0.1, 0.15) is 135 Å². The molecule has 0 aromatic rings. The average Bonchev–Trinajstić information content (AvgIpc) is 2.85. The number of aliphatic hydroxyl groups excluding tert-OH is 2. The third kappa shape index (κ3) is 24.0. The third-order valence-electron chi connectivity index (χ3n) is 6.25. The van der Waals surface area contributed by atoms with Gasteiger partial charge in [-0.25, -0.2) is 4.79 Å². The number of carboxylic acid groups (broad SMARTS) is 1. The van der Waals surface area contributed by atoms with E-state index >= 15 is 0 Å². The number of esters is 2. The summed E-state index contributed by atoms with van der Waals surface area (Å²) in [7, 11) is 0. The van der Waals surface area contributed by atoms with Gasteiger partial charge in [0.2, 0.25) is 0 Å². The van der Waals surface area contributed by atoms with E-state index in [0.717, 1.165) is 19.3 Å². The SMILES string of the molecule is CCCCCCCCCCCCCCCCCCCCC(=O)OCC(O)COC(=O)C[C@@H](O)C(=O)O. The maximum absolute atomic E-state index is 11.7. The first-order valence-corrected chi connectivity index (χ1v) is 14.3. The van der Waals surface area contributed by atoms with E-state index in [1.54, 1.807) is 0 Å². The number of carbonyl (C=O) groups excluding carboxylic acids is 2. The van der Waals surface area contributed by atoms with E-state index in [-0.39, 0.29) is 13.0 Å². The van der Waals surface area contributed by atoms with Gasteiger partial charge in [0.05, 0.1) is 6.42 Å². The Morgan fingerprint density at radius 1 is 0.583 bits per heavy atom. The molecule has 3 N–H and O–H groups in total. The minimum Gasteiger partial charge on any atom is -0.479 e. The van der Waals surface area contributed by atoms with Crippen LogP contribution in [0.15, 0.2) is 0 Å². The largest absolute Gasteiger partial charge is 0.479 e. The Morgan fingerprint density at radius 2 is 0.944 bits per heavy atom. The lowest BCUT2D eigenvalue weighted by atomic mass is 10.0. The first-order chi connectivity index (χ1) is 17.4. The van der Waals surface area contributed by atoms with Gasteiger partial charge in [-0.2, -0.15) is 0 Å². The fourth-order valence-electron chi connectivity index (χ4n) is 3.97. The molecule has 0 aliphatic heterocycles. The fourth-order valence-corrected chi connectivity index (χ4v) is 3.97. The third-order valence-corrected chi connectivity index (χ3v) is 6.25. The van der Waals surface area contributed by atoms with Crippen molar-refractivity contribution in [3.8, 4) is 0 Å². The normalized spacial score (nSPS) is 12.8. The van der Waals surface area contributed by atoms with Crippen LogP contribution in [0.2, 0.25) is 0 Å². The standard InChI is InChI=1S/C28H52O8/c1-2-3-4-5-6-7-8-9-10-11-12-13-14-15-16-17-18-19-20-26(31)35-22-24(29)23-36-27(32)21-25(30)28(33)34/h24-25,29-30H,2-23H2,1H3,(H,33,34)/t24?,25-/m1/s1. The van der Waals surface area contributed by atoms with Crippen molar-refractivity contribution in [1.82, 2.24) is 0 Å². The number of aliphatic carboxylic acids is 1. The molecule has 8 heteroatoms. The van der Waals surface area contributed by atoms with E-state index in [1.807, 2.05) is 0 Å². The quantitative estimate of drug-likeness (QED) is 0.0985. The van der Waals surface area contributed by atoms with Gasteiger partial charge < -0.3 is 24.8 Å². The molecule has 8 nitrogen and oxygen atoms in total. The minimum atomic E-state index is -1.85. The first-order valence-electron chi connectivity index (χ1n) is 14.3. The lowest BCUT2D eigenvalue weighted by molar-refractivity contribution is -0.159. The summed E-state index contributed by atoms with van der Waals surface area (Å²) in [5, 5.41) is 27.2. The number of ether oxygens (including phenoxy) is 2. The minimum absolute atomic E-state index is 0.288. The Labute approximate surface area is 218 Å². The summed E-state index contributed by atoms with van der Waals surface area (Å²) in [6.07, 6.45) is 19.6. The summed E-state index contributed by atoms with van der Waals surface area (Å²) in [6.45, 7) is 1.53. The second-order valence-corrected chi connectivity index (χ2v) is 9.84. The van der Waals surface area contributed by atoms with E-state index in [9.17, 15) is 19.5 Å². The van der Waals surface area contributed by atoms with Crippen molar-refractivity contribution in [3.63, 3.8) is 0 Å². The van der Waals surface area contributed by atoms with Crippen molar-refractivity contribution in [1.29, 1.82) is 0 Å². The van der Waals surface area contributed by atoms with Crippen LogP contribution >= 0.6 is 0 Å². The number of hydrogen-bond donors (Lipinski definition) is 3. The maximum Gasteiger partial charge on any atom is 0.333 e. The number of unbranched alkanes of at least 4 members (excludes halogenated alkanes) is 17. The molecule has 0 fully saturated rings. The zero-order chi connectivity index (χ0) is 26.9. The summed E-state index contributed by atoms with van der Waals surface area (Å²) in [5.74, 6) is -2.88. The molecule has 0 bridgehead atoms. The molecule has 0 aromatic carbocycles. The predicted octanol–water partition coefficient (Wildman–Crippen LogP) is 5.70. The van der Waals surface area contributed by atoms with Crippen LogP contribution in [0.5, 0.6) is 0 Å². The smallest absolute Gasteiger partial charge is 0.333 e. The van der Waals surface area contributed by atoms with Gasteiger partial charge in [0.15, 0.2) is 6.10 Å². The van der Waals surface area contributed by atoms with Gasteiger partial charge in [0.1, 0.15) is 19.3 Å². The van der Waals surface area contributed by atoms with Gasteiger partial charge in [-0.15, -0.1) is 0 Å². The molecule has 2 atom stereocenters. The Bertz CT molecular complexity index is 552. The molecule has 0 radical (unpaired) electrons. The van der Waals surface area contributed by atoms with Crippen LogP contribution in [0, 0.1) is 0 Å². The molecule has 0 heterocycles. The first kappa shape index (κ1) is 34.3. The number of rotatable bonds is 26. The topological polar surface area (TPSA) is 130 Å². The van der Waals surface area contributed by atoms with Crippen molar-refractivity contribution >= 4 is 17.9 Å². The van der Waals surface area contributed by atoms with Crippen LogP contribution in [0.3, 0.4) is 0 Å². The number of aliphatic hydroxyl groups is 2. The average molecular weight is 517 g/mol. The zero-order valence-corrected chi connectivity index (χ0v) is 22.6. The molecular formula is C28H52O8. The second kappa shape index (κ2) is 25.0. The van der Waals surface area contributed by atoms with Crippen molar-refractivity contribution in [2.75, 3.05) is 13.2 Å². The predicted molar refractivity (Wildman–Crippen MR) is 140 cm³/mol. The van der Waals surface area contributed by atoms with E-state index in [1.165, 1.54) is 96.3 Å². The Kier molecular flexibility index (Phi) is 23.8. The van der Waals surface area contributed by atoms with E-state index < -0.39 is 43.1 Å². The van der Waals surface area contributed by atoms with Crippen LogP contribution in [-0.2, 0) is 23.9 Å². The van der Waals surface area contributed by atoms with Gasteiger partial charge in [0.25, 0.3) is 0 Å². The number of carboxylic acids is 1. The van der Waals surface area contributed by atoms with Crippen molar-refractivity contribution in [2.45, 2.75) is 148 Å². The van der Waals surface area contributed by atoms with Gasteiger partial charge in [-0.3, -0.25) is 9.59 Å². The van der Waals surface area contributed by atoms with Crippen LogP contribution < -0.4 is 0 Å². The highest BCUT2D eigenvalue weighted by molar-refractivity contribution is 5.80. The zero-order valence-electron chi connectivity index (χ0n) is 22.6. The molecule has 0 spiro atoms. The summed E-state index contributed by atoms with van der Waals surface area (Å²) in [4.78, 5) is 33.5. The van der Waals surface area contributed by atoms with Crippen LogP contribution in [-0.4, -0.2) is 58.6 Å². The number of carbonyl (C=O) groups is 3. The van der Waals surface area contributed by atoms with Crippen molar-refractivity contribution in [3.05, 3.63) is 0 Å². The maximum atomic E-state index is 11.7. The molecular weight excluding hydrogens is 464 g/mol. The van der Waals surface area contributed by atoms with Crippen LogP contribution in [0.4, 0.5) is 0 Å². The summed E-state index contributed by atoms with van der Waals surface area (Å²) >= 11 is 0. The van der Waals surface area contributed by atoms with Gasteiger partial charge in [-0.1, -0.05) is 116 Å². The van der Waals surface area contributed by atoms with Gasteiger partial charge >= 0.3 is 17.9 Å². The van der Waals surface area contributed by atoms with Crippen molar-refractivity contribution < 1.29 is 39.2 Å². The van der Waals surface area contributed by atoms with Gasteiger partial charge in [0, 0.05) is 6.42 Å². The summed E-state index contributed by atoms with van der Waals surface area (Å²) in [5.41, 5.74) is 0. The van der Waals surface area contributed by atoms with Crippen LogP contribution in [0.25, 0.3) is 0 Å². The second-order valence-electron chi connectivity index (χ2n) is 9.84. The molecule has 0 aliphatic rings. The molecule has 0 aliphatic carbocycles. The summed E-state index contributed by atoms with van der Waals surface area (Å²) in [6, 6.07) is 0. The summed E-state index contributed by atoms with van der Waals surface area (Å²) < 4.78 is 9.62. The molecule has 0 amide bonds. The van der Waals surface area contributed by atoms with E-state index in [4.69, 9.17) is 14.9 Å². The highest BCUT2D eigenvalue weighted by Crippen LogP contribution is 2.14.